The highest BCUT2D eigenvalue weighted by Crippen LogP contribution is 2.39. The number of hydrogen-bond donors (Lipinski definition) is 0. The summed E-state index contributed by atoms with van der Waals surface area (Å²) in [6.45, 7) is 4.81. The molecule has 3 heterocycles. The molecule has 0 aromatic carbocycles. The van der Waals surface area contributed by atoms with Gasteiger partial charge in [-0.25, -0.2) is 4.98 Å². The second kappa shape index (κ2) is 7.07. The number of hydrogen-bond acceptors (Lipinski definition) is 5. The van der Waals surface area contributed by atoms with Gasteiger partial charge in [-0.1, -0.05) is 0 Å². The van der Waals surface area contributed by atoms with Crippen molar-refractivity contribution in [2.24, 2.45) is 0 Å². The standard InChI is InChI=1S/C18H27N5O2/c1-14-11-20-15(12-19-14)17(25)23-8-4-5-18(23)6-9-22(10-7-18)13-16(24)21(2)3/h11-12H,4-10,13H2,1-3H3. The van der Waals surface area contributed by atoms with Gasteiger partial charge in [0.1, 0.15) is 5.69 Å². The lowest BCUT2D eigenvalue weighted by Crippen LogP contribution is -2.55. The number of likely N-dealkylation sites (tertiary alicyclic amines) is 2. The van der Waals surface area contributed by atoms with Gasteiger partial charge in [0.25, 0.3) is 5.91 Å². The van der Waals surface area contributed by atoms with Crippen molar-refractivity contribution < 1.29 is 9.59 Å². The number of carbonyl (C=O) groups is 2. The van der Waals surface area contributed by atoms with E-state index in [0.717, 1.165) is 51.0 Å². The Bertz CT molecular complexity index is 635. The van der Waals surface area contributed by atoms with Crippen molar-refractivity contribution in [1.82, 2.24) is 24.7 Å². The molecule has 1 aromatic rings. The summed E-state index contributed by atoms with van der Waals surface area (Å²) in [6, 6.07) is 0. The van der Waals surface area contributed by atoms with E-state index >= 15 is 0 Å². The molecule has 7 heteroatoms. The summed E-state index contributed by atoms with van der Waals surface area (Å²) in [4.78, 5) is 39.1. The van der Waals surface area contributed by atoms with Gasteiger partial charge in [-0.2, -0.15) is 0 Å². The predicted octanol–water partition coefficient (Wildman–Crippen LogP) is 0.944. The average Bonchev–Trinajstić information content (AvgIpc) is 3.00. The number of amides is 2. The van der Waals surface area contributed by atoms with Crippen molar-refractivity contribution in [3.05, 3.63) is 23.8 Å². The van der Waals surface area contributed by atoms with E-state index in [1.54, 1.807) is 31.4 Å². The average molecular weight is 345 g/mol. The summed E-state index contributed by atoms with van der Waals surface area (Å²) >= 11 is 0. The van der Waals surface area contributed by atoms with E-state index in [4.69, 9.17) is 0 Å². The second-order valence-electron chi connectivity index (χ2n) is 7.39. The molecule has 3 rings (SSSR count). The van der Waals surface area contributed by atoms with E-state index in [1.165, 1.54) is 0 Å². The van der Waals surface area contributed by atoms with Crippen molar-refractivity contribution in [3.63, 3.8) is 0 Å². The van der Waals surface area contributed by atoms with E-state index < -0.39 is 0 Å². The van der Waals surface area contributed by atoms with Crippen LogP contribution in [0.3, 0.4) is 0 Å². The smallest absolute Gasteiger partial charge is 0.274 e. The molecule has 0 aliphatic carbocycles. The Hall–Kier alpha value is -2.02. The summed E-state index contributed by atoms with van der Waals surface area (Å²) in [5.74, 6) is 0.119. The predicted molar refractivity (Wildman–Crippen MR) is 94.1 cm³/mol. The van der Waals surface area contributed by atoms with Crippen LogP contribution in [0.5, 0.6) is 0 Å². The lowest BCUT2D eigenvalue weighted by atomic mass is 9.84. The van der Waals surface area contributed by atoms with Crippen LogP contribution in [-0.2, 0) is 4.79 Å². The lowest BCUT2D eigenvalue weighted by Gasteiger charge is -2.44. The van der Waals surface area contributed by atoms with Crippen LogP contribution < -0.4 is 0 Å². The van der Waals surface area contributed by atoms with Crippen LogP contribution >= 0.6 is 0 Å². The summed E-state index contributed by atoms with van der Waals surface area (Å²) in [5, 5.41) is 0. The molecular weight excluding hydrogens is 318 g/mol. The fraction of sp³-hybridized carbons (Fsp3) is 0.667. The van der Waals surface area contributed by atoms with Crippen LogP contribution in [0, 0.1) is 6.92 Å². The third-order valence-corrected chi connectivity index (χ3v) is 5.49. The number of nitrogens with zero attached hydrogens (tertiary/aromatic N) is 5. The van der Waals surface area contributed by atoms with Crippen LogP contribution in [0.25, 0.3) is 0 Å². The molecule has 0 atom stereocenters. The maximum atomic E-state index is 12.9. The van der Waals surface area contributed by atoms with Crippen LogP contribution in [0.2, 0.25) is 0 Å². The third-order valence-electron chi connectivity index (χ3n) is 5.49. The first-order valence-electron chi connectivity index (χ1n) is 8.94. The molecule has 136 valence electrons. The molecule has 0 bridgehead atoms. The van der Waals surface area contributed by atoms with E-state index in [1.807, 2.05) is 11.8 Å². The van der Waals surface area contributed by atoms with Gasteiger partial charge in [0.2, 0.25) is 5.91 Å². The molecule has 0 saturated carbocycles. The van der Waals surface area contributed by atoms with Crippen molar-refractivity contribution in [2.75, 3.05) is 40.3 Å². The van der Waals surface area contributed by atoms with Crippen LogP contribution in [0.4, 0.5) is 0 Å². The van der Waals surface area contributed by atoms with Gasteiger partial charge in [0, 0.05) is 45.5 Å². The van der Waals surface area contributed by atoms with Gasteiger partial charge in [-0.3, -0.25) is 19.5 Å². The quantitative estimate of drug-likeness (QED) is 0.816. The molecule has 2 aliphatic heterocycles. The van der Waals surface area contributed by atoms with Gasteiger partial charge < -0.3 is 9.80 Å². The van der Waals surface area contributed by atoms with Gasteiger partial charge in [-0.15, -0.1) is 0 Å². The molecule has 2 saturated heterocycles. The Balaban J connectivity index is 1.66. The van der Waals surface area contributed by atoms with E-state index in [9.17, 15) is 9.59 Å². The number of aryl methyl sites for hydroxylation is 1. The molecule has 7 nitrogen and oxygen atoms in total. The molecule has 1 aromatic heterocycles. The topological polar surface area (TPSA) is 69.6 Å². The molecule has 0 N–H and O–H groups in total. The minimum Gasteiger partial charge on any atom is -0.348 e. The monoisotopic (exact) mass is 345 g/mol. The van der Waals surface area contributed by atoms with Crippen molar-refractivity contribution in [3.8, 4) is 0 Å². The SMILES string of the molecule is Cc1cnc(C(=O)N2CCCC23CCN(CC(=O)N(C)C)CC3)cn1. The minimum absolute atomic E-state index is 0.0113. The molecule has 2 amide bonds. The first-order chi connectivity index (χ1) is 11.9. The first-order valence-corrected chi connectivity index (χ1v) is 8.94. The Morgan fingerprint density at radius 1 is 1.12 bits per heavy atom. The van der Waals surface area contributed by atoms with E-state index in [2.05, 4.69) is 14.9 Å². The number of aromatic nitrogens is 2. The Morgan fingerprint density at radius 2 is 1.84 bits per heavy atom. The lowest BCUT2D eigenvalue weighted by molar-refractivity contribution is -0.130. The molecule has 2 fully saturated rings. The zero-order valence-electron chi connectivity index (χ0n) is 15.4. The van der Waals surface area contributed by atoms with Gasteiger partial charge in [0.15, 0.2) is 0 Å². The Morgan fingerprint density at radius 3 is 2.44 bits per heavy atom. The molecular formula is C18H27N5O2. The molecule has 1 spiro atoms. The normalized spacial score (nSPS) is 20.0. The summed E-state index contributed by atoms with van der Waals surface area (Å²) in [5.41, 5.74) is 1.16. The number of carbonyl (C=O) groups excluding carboxylic acids is 2. The van der Waals surface area contributed by atoms with Crippen molar-refractivity contribution in [2.45, 2.75) is 38.1 Å². The van der Waals surface area contributed by atoms with Crippen LogP contribution in [0.15, 0.2) is 12.4 Å². The highest BCUT2D eigenvalue weighted by molar-refractivity contribution is 5.92. The maximum absolute atomic E-state index is 12.9. The van der Waals surface area contributed by atoms with Crippen molar-refractivity contribution in [1.29, 1.82) is 0 Å². The molecule has 0 unspecified atom stereocenters. The van der Waals surface area contributed by atoms with Crippen molar-refractivity contribution >= 4 is 11.8 Å². The largest absolute Gasteiger partial charge is 0.348 e. The van der Waals surface area contributed by atoms with Crippen LogP contribution in [-0.4, -0.2) is 82.3 Å². The molecule has 25 heavy (non-hydrogen) atoms. The Labute approximate surface area is 149 Å². The van der Waals surface area contributed by atoms with Gasteiger partial charge in [-0.05, 0) is 32.6 Å². The second-order valence-corrected chi connectivity index (χ2v) is 7.39. The van der Waals surface area contributed by atoms with Gasteiger partial charge >= 0.3 is 0 Å². The molecule has 2 aliphatic rings. The maximum Gasteiger partial charge on any atom is 0.274 e. The summed E-state index contributed by atoms with van der Waals surface area (Å²) in [7, 11) is 3.57. The summed E-state index contributed by atoms with van der Waals surface area (Å²) in [6.07, 6.45) is 7.12. The minimum atomic E-state index is -0.0820. The number of rotatable bonds is 3. The summed E-state index contributed by atoms with van der Waals surface area (Å²) < 4.78 is 0. The number of likely N-dealkylation sites (N-methyl/N-ethyl adjacent to an activating group) is 1. The first kappa shape index (κ1) is 17.8. The van der Waals surface area contributed by atoms with E-state index in [0.29, 0.717) is 12.2 Å². The van der Waals surface area contributed by atoms with E-state index in [-0.39, 0.29) is 17.4 Å². The zero-order chi connectivity index (χ0) is 18.0. The highest BCUT2D eigenvalue weighted by atomic mass is 16.2. The number of piperidine rings is 1. The zero-order valence-corrected chi connectivity index (χ0v) is 15.4. The Kier molecular flexibility index (Phi) is 5.03. The fourth-order valence-electron chi connectivity index (χ4n) is 3.88. The molecule has 0 radical (unpaired) electrons. The van der Waals surface area contributed by atoms with Gasteiger partial charge in [0.05, 0.1) is 18.4 Å². The van der Waals surface area contributed by atoms with Crippen LogP contribution in [0.1, 0.15) is 41.9 Å². The highest BCUT2D eigenvalue weighted by Gasteiger charge is 2.46. The third kappa shape index (κ3) is 3.66. The fourth-order valence-corrected chi connectivity index (χ4v) is 3.88.